The Hall–Kier alpha value is -3.22. The topological polar surface area (TPSA) is 126 Å². The number of non-ortho nitro benzene ring substituents is 1. The van der Waals surface area contributed by atoms with E-state index in [2.05, 4.69) is 4.98 Å². The number of hydrogen-bond donors (Lipinski definition) is 2. The van der Waals surface area contributed by atoms with Crippen molar-refractivity contribution < 1.29 is 24.4 Å². The van der Waals surface area contributed by atoms with Gasteiger partial charge in [-0.3, -0.25) is 19.7 Å². The zero-order chi connectivity index (χ0) is 24.1. The number of thiazole rings is 1. The van der Waals surface area contributed by atoms with E-state index < -0.39 is 27.9 Å². The summed E-state index contributed by atoms with van der Waals surface area (Å²) in [6.45, 7) is 2.15. The Morgan fingerprint density at radius 3 is 2.62 bits per heavy atom. The molecule has 3 heterocycles. The van der Waals surface area contributed by atoms with E-state index in [0.717, 1.165) is 20.4 Å². The van der Waals surface area contributed by atoms with Gasteiger partial charge in [0.15, 0.2) is 15.5 Å². The molecule has 1 saturated heterocycles. The van der Waals surface area contributed by atoms with E-state index in [0.29, 0.717) is 16.3 Å². The number of nitro benzene ring substituents is 1. The number of imide groups is 1. The second-order valence-corrected chi connectivity index (χ2v) is 10.6. The lowest BCUT2D eigenvalue weighted by atomic mass is 9.83. The van der Waals surface area contributed by atoms with Gasteiger partial charge >= 0.3 is 0 Å². The molecule has 9 nitrogen and oxygen atoms in total. The van der Waals surface area contributed by atoms with E-state index in [9.17, 15) is 24.8 Å². The monoisotopic (exact) mass is 515 g/mol. The first kappa shape index (κ1) is 22.6. The third kappa shape index (κ3) is 3.58. The van der Waals surface area contributed by atoms with E-state index in [4.69, 9.17) is 17.0 Å². The van der Waals surface area contributed by atoms with Gasteiger partial charge in [0.25, 0.3) is 5.69 Å². The summed E-state index contributed by atoms with van der Waals surface area (Å²) in [6, 6.07) is 10.3. The van der Waals surface area contributed by atoms with Crippen LogP contribution in [0.2, 0.25) is 0 Å². The average Bonchev–Trinajstić information content (AvgIpc) is 3.30. The first-order chi connectivity index (χ1) is 16.3. The smallest absolute Gasteiger partial charge is 0.269 e. The lowest BCUT2D eigenvalue weighted by Crippen LogP contribution is -2.32. The maximum absolute atomic E-state index is 13.7. The van der Waals surface area contributed by atoms with Gasteiger partial charge in [-0.2, -0.15) is 0 Å². The summed E-state index contributed by atoms with van der Waals surface area (Å²) in [6.07, 6.45) is 0. The fourth-order valence-corrected chi connectivity index (χ4v) is 7.31. The standard InChI is InChI=1S/C22H17N3O6S3/c1-2-31-14-9-10(3-8-13(14)26)15-16-18(33-19-17(15)34-22(32)23-19)21(28)24(20(16)27)11-4-6-12(7-5-11)25(29)30/h3-9,15-16,18,26H,2H2,1H3,(H,23,32). The molecule has 3 unspecified atom stereocenters. The van der Waals surface area contributed by atoms with Crippen LogP contribution in [0, 0.1) is 20.0 Å². The Morgan fingerprint density at radius 2 is 1.94 bits per heavy atom. The molecule has 2 aliphatic heterocycles. The minimum Gasteiger partial charge on any atom is -0.504 e. The number of amides is 2. The highest BCUT2D eigenvalue weighted by atomic mass is 32.2. The number of aromatic nitrogens is 1. The minimum atomic E-state index is -0.722. The summed E-state index contributed by atoms with van der Waals surface area (Å²) in [4.78, 5) is 42.7. The molecular formula is C22H17N3O6S3. The number of carbonyl (C=O) groups excluding carboxylic acids is 2. The number of phenolic OH excluding ortho intramolecular Hbond substituents is 1. The molecule has 0 radical (unpaired) electrons. The molecule has 34 heavy (non-hydrogen) atoms. The summed E-state index contributed by atoms with van der Waals surface area (Å²) in [5.41, 5.74) is 0.871. The van der Waals surface area contributed by atoms with Crippen molar-refractivity contribution in [2.45, 2.75) is 23.1 Å². The third-order valence-electron chi connectivity index (χ3n) is 5.79. The van der Waals surface area contributed by atoms with E-state index in [1.165, 1.54) is 53.4 Å². The van der Waals surface area contributed by atoms with Crippen LogP contribution in [0.3, 0.4) is 0 Å². The molecule has 0 aliphatic carbocycles. The van der Waals surface area contributed by atoms with E-state index in [1.807, 2.05) is 0 Å². The van der Waals surface area contributed by atoms with Gasteiger partial charge in [-0.15, -0.1) is 11.3 Å². The second kappa shape index (κ2) is 8.53. The molecule has 2 amide bonds. The highest BCUT2D eigenvalue weighted by molar-refractivity contribution is 8.01. The molecule has 1 fully saturated rings. The van der Waals surface area contributed by atoms with Crippen LogP contribution in [0.5, 0.6) is 11.5 Å². The minimum absolute atomic E-state index is 0.0180. The van der Waals surface area contributed by atoms with Crippen molar-refractivity contribution in [2.24, 2.45) is 5.92 Å². The fraction of sp³-hybridized carbons (Fsp3) is 0.227. The van der Waals surface area contributed by atoms with Crippen molar-refractivity contribution in [2.75, 3.05) is 11.5 Å². The average molecular weight is 516 g/mol. The molecule has 174 valence electrons. The van der Waals surface area contributed by atoms with Crippen molar-refractivity contribution in [3.05, 3.63) is 67.0 Å². The largest absolute Gasteiger partial charge is 0.504 e. The van der Waals surface area contributed by atoms with Gasteiger partial charge < -0.3 is 14.8 Å². The molecule has 3 aromatic rings. The van der Waals surface area contributed by atoms with Crippen LogP contribution in [0.15, 0.2) is 47.5 Å². The number of anilines is 1. The molecule has 1 aromatic heterocycles. The van der Waals surface area contributed by atoms with Crippen molar-refractivity contribution in [3.63, 3.8) is 0 Å². The molecule has 2 N–H and O–H groups in total. The summed E-state index contributed by atoms with van der Waals surface area (Å²) >= 11 is 7.96. The molecule has 0 spiro atoms. The summed E-state index contributed by atoms with van der Waals surface area (Å²) in [5.74, 6) is -1.72. The van der Waals surface area contributed by atoms with Gasteiger partial charge in [-0.25, -0.2) is 4.90 Å². The normalized spacial score (nSPS) is 21.3. The summed E-state index contributed by atoms with van der Waals surface area (Å²) in [5, 5.41) is 21.2. The summed E-state index contributed by atoms with van der Waals surface area (Å²) < 4.78 is 6.08. The van der Waals surface area contributed by atoms with E-state index in [1.54, 1.807) is 19.1 Å². The first-order valence-corrected chi connectivity index (χ1v) is 12.4. The quantitative estimate of drug-likeness (QED) is 0.218. The van der Waals surface area contributed by atoms with Crippen LogP contribution in [0.4, 0.5) is 11.4 Å². The van der Waals surface area contributed by atoms with E-state index >= 15 is 0 Å². The van der Waals surface area contributed by atoms with Crippen LogP contribution in [0.25, 0.3) is 0 Å². The Balaban J connectivity index is 1.61. The third-order valence-corrected chi connectivity index (χ3v) is 8.54. The number of ether oxygens (including phenoxy) is 1. The fourth-order valence-electron chi connectivity index (χ4n) is 4.35. The number of nitro groups is 1. The number of phenols is 1. The molecular weight excluding hydrogens is 498 g/mol. The SMILES string of the molecule is CCOc1cc(C2c3sc(=S)[nH]c3SC3C(=O)N(c4ccc([N+](=O)[O-])cc4)C(=O)C32)ccc1O. The molecule has 3 atom stereocenters. The predicted molar refractivity (Wildman–Crippen MR) is 129 cm³/mol. The van der Waals surface area contributed by atoms with Gasteiger partial charge in [0.05, 0.1) is 28.2 Å². The number of hydrogen-bond acceptors (Lipinski definition) is 9. The molecule has 2 aliphatic rings. The maximum Gasteiger partial charge on any atom is 0.269 e. The van der Waals surface area contributed by atoms with Crippen molar-refractivity contribution >= 4 is 58.5 Å². The van der Waals surface area contributed by atoms with Crippen LogP contribution < -0.4 is 9.64 Å². The Bertz CT molecular complexity index is 1380. The van der Waals surface area contributed by atoms with Gasteiger partial charge in [0.2, 0.25) is 11.8 Å². The van der Waals surface area contributed by atoms with E-state index in [-0.39, 0.29) is 23.0 Å². The number of rotatable bonds is 5. The van der Waals surface area contributed by atoms with Crippen LogP contribution in [-0.2, 0) is 9.59 Å². The van der Waals surface area contributed by atoms with Gasteiger partial charge in [0.1, 0.15) is 5.25 Å². The van der Waals surface area contributed by atoms with Crippen molar-refractivity contribution in [3.8, 4) is 11.5 Å². The lowest BCUT2D eigenvalue weighted by Gasteiger charge is -2.30. The zero-order valence-electron chi connectivity index (χ0n) is 17.6. The predicted octanol–water partition coefficient (Wildman–Crippen LogP) is 4.61. The zero-order valence-corrected chi connectivity index (χ0v) is 20.0. The molecule has 12 heteroatoms. The van der Waals surface area contributed by atoms with Gasteiger partial charge in [0, 0.05) is 22.9 Å². The number of fused-ring (bicyclic) bond motifs is 2. The van der Waals surface area contributed by atoms with Crippen molar-refractivity contribution in [1.29, 1.82) is 0 Å². The number of aromatic amines is 1. The number of H-pyrrole nitrogens is 1. The lowest BCUT2D eigenvalue weighted by molar-refractivity contribution is -0.384. The second-order valence-electron chi connectivity index (χ2n) is 7.70. The maximum atomic E-state index is 13.7. The number of nitrogens with zero attached hydrogens (tertiary/aromatic N) is 2. The first-order valence-electron chi connectivity index (χ1n) is 10.3. The Kier molecular flexibility index (Phi) is 5.66. The van der Waals surface area contributed by atoms with Gasteiger partial charge in [-0.05, 0) is 49.0 Å². The molecule has 0 saturated carbocycles. The molecule has 5 rings (SSSR count). The Labute approximate surface area is 206 Å². The highest BCUT2D eigenvalue weighted by Gasteiger charge is 2.56. The van der Waals surface area contributed by atoms with Crippen molar-refractivity contribution in [1.82, 2.24) is 4.98 Å². The molecule has 2 aromatic carbocycles. The van der Waals surface area contributed by atoms with Crippen LogP contribution in [-0.4, -0.2) is 38.7 Å². The number of carbonyl (C=O) groups is 2. The summed E-state index contributed by atoms with van der Waals surface area (Å²) in [7, 11) is 0. The number of aromatic hydroxyl groups is 1. The number of thioether (sulfide) groups is 1. The highest BCUT2D eigenvalue weighted by Crippen LogP contribution is 2.54. The van der Waals surface area contributed by atoms with Crippen LogP contribution >= 0.6 is 35.3 Å². The Morgan fingerprint density at radius 1 is 1.21 bits per heavy atom. The number of nitrogens with one attached hydrogen (secondary N) is 1. The molecule has 0 bridgehead atoms. The van der Waals surface area contributed by atoms with Crippen LogP contribution in [0.1, 0.15) is 23.3 Å². The van der Waals surface area contributed by atoms with Gasteiger partial charge in [-0.1, -0.05) is 17.8 Å². The number of benzene rings is 2.